The van der Waals surface area contributed by atoms with Gasteiger partial charge in [-0.3, -0.25) is 9.78 Å². The van der Waals surface area contributed by atoms with Crippen LogP contribution < -0.4 is 10.1 Å². The van der Waals surface area contributed by atoms with E-state index >= 15 is 0 Å². The fourth-order valence-electron chi connectivity index (χ4n) is 2.94. The first-order valence-corrected chi connectivity index (χ1v) is 8.04. The lowest BCUT2D eigenvalue weighted by atomic mass is 9.75. The maximum Gasteiger partial charge on any atom is 0.336 e. The minimum Gasteiger partial charge on any atom is -0.424 e. The highest BCUT2D eigenvalue weighted by molar-refractivity contribution is 6.57. The first-order valence-electron chi connectivity index (χ1n) is 8.04. The number of nitrogens with one attached hydrogen (secondary N) is 1. The van der Waals surface area contributed by atoms with Crippen LogP contribution in [0, 0.1) is 13.8 Å². The van der Waals surface area contributed by atoms with E-state index in [1.165, 1.54) is 6.92 Å². The van der Waals surface area contributed by atoms with Gasteiger partial charge < -0.3 is 14.8 Å². The average Bonchev–Trinajstić information content (AvgIpc) is 2.33. The molecule has 0 aliphatic heterocycles. The Morgan fingerprint density at radius 3 is 2.24 bits per heavy atom. The van der Waals surface area contributed by atoms with Gasteiger partial charge in [0.2, 0.25) is 5.91 Å². The zero-order chi connectivity index (χ0) is 19.6. The van der Waals surface area contributed by atoms with Crippen molar-refractivity contribution in [2.45, 2.75) is 65.8 Å². The Hall–Kier alpha value is -2.18. The molecule has 0 aromatic carbocycles. The largest absolute Gasteiger partial charge is 0.424 e. The Morgan fingerprint density at radius 2 is 1.76 bits per heavy atom. The molecule has 2 radical (unpaired) electrons. The molecule has 1 N–H and O–H groups in total. The zero-order valence-corrected chi connectivity index (χ0v) is 15.9. The van der Waals surface area contributed by atoms with E-state index in [2.05, 4.69) is 10.3 Å². The molecule has 1 heterocycles. The Bertz CT molecular complexity index is 711. The Balaban J connectivity index is 3.34. The number of hydrogen-bond donors (Lipinski definition) is 1. The number of aryl methyl sites for hydroxylation is 2. The minimum absolute atomic E-state index is 0.0816. The maximum atomic E-state index is 12.5. The topological polar surface area (TPSA) is 85.4 Å². The van der Waals surface area contributed by atoms with E-state index in [9.17, 15) is 14.4 Å². The van der Waals surface area contributed by atoms with Crippen molar-refractivity contribution in [1.82, 2.24) is 10.3 Å². The number of hydrogen-bond acceptors (Lipinski definition) is 5. The van der Waals surface area contributed by atoms with Crippen LogP contribution >= 0.6 is 0 Å². The first-order chi connectivity index (χ1) is 11.3. The summed E-state index contributed by atoms with van der Waals surface area (Å²) in [5.74, 6) is -0.623. The summed E-state index contributed by atoms with van der Waals surface area (Å²) in [5, 5.41) is 2.56. The van der Waals surface area contributed by atoms with Gasteiger partial charge in [0.15, 0.2) is 7.85 Å². The van der Waals surface area contributed by atoms with Gasteiger partial charge in [0, 0.05) is 41.8 Å². The fraction of sp³-hybridized carbons (Fsp3) is 0.556. The number of carbonyl (C=O) groups is 3. The van der Waals surface area contributed by atoms with Gasteiger partial charge in [-0.1, -0.05) is 13.8 Å². The number of esters is 1. The molecule has 1 aromatic heterocycles. The monoisotopic (exact) mass is 344 g/mol. The van der Waals surface area contributed by atoms with Crippen LogP contribution in [0.1, 0.15) is 58.0 Å². The van der Waals surface area contributed by atoms with Gasteiger partial charge in [-0.15, -0.1) is 0 Å². The van der Waals surface area contributed by atoms with Gasteiger partial charge in [-0.25, -0.2) is 4.79 Å². The van der Waals surface area contributed by atoms with Crippen molar-refractivity contribution in [3.05, 3.63) is 23.0 Å². The smallest absolute Gasteiger partial charge is 0.336 e. The molecule has 6 nitrogen and oxygen atoms in total. The quantitative estimate of drug-likeness (QED) is 0.629. The second kappa shape index (κ2) is 7.37. The predicted octanol–water partition coefficient (Wildman–Crippen LogP) is 1.88. The van der Waals surface area contributed by atoms with Crippen LogP contribution in [0.4, 0.5) is 0 Å². The van der Waals surface area contributed by atoms with E-state index in [4.69, 9.17) is 12.6 Å². The van der Waals surface area contributed by atoms with Crippen molar-refractivity contribution >= 4 is 25.4 Å². The number of carbonyl (C=O) groups excluding carboxylic acids is 3. The molecule has 0 aliphatic rings. The molecule has 1 aromatic rings. The standard InChI is InChI=1S/C18H25BN2O4/c1-10-8-13(25-16(24)18(6,7)21-12(3)22)15(11(2)20-10)17(4,5)9-14(19)23/h8H,9H2,1-7H3,(H,21,22). The van der Waals surface area contributed by atoms with Gasteiger partial charge in [-0.05, 0) is 27.7 Å². The lowest BCUT2D eigenvalue weighted by Crippen LogP contribution is -2.51. The summed E-state index contributed by atoms with van der Waals surface area (Å²) in [5.41, 5.74) is -0.334. The molecule has 0 fully saturated rings. The zero-order valence-electron chi connectivity index (χ0n) is 15.9. The van der Waals surface area contributed by atoms with Crippen molar-refractivity contribution in [2.24, 2.45) is 0 Å². The summed E-state index contributed by atoms with van der Waals surface area (Å²) >= 11 is 0. The molecule has 0 saturated carbocycles. The van der Waals surface area contributed by atoms with Crippen LogP contribution in [0.25, 0.3) is 0 Å². The van der Waals surface area contributed by atoms with Gasteiger partial charge in [0.1, 0.15) is 11.3 Å². The van der Waals surface area contributed by atoms with Crippen molar-refractivity contribution in [3.8, 4) is 5.75 Å². The fourth-order valence-corrected chi connectivity index (χ4v) is 2.94. The third kappa shape index (κ3) is 5.41. The molecule has 25 heavy (non-hydrogen) atoms. The molecule has 134 valence electrons. The Morgan fingerprint density at radius 1 is 1.20 bits per heavy atom. The van der Waals surface area contributed by atoms with Crippen molar-refractivity contribution < 1.29 is 19.1 Å². The van der Waals surface area contributed by atoms with Gasteiger partial charge >= 0.3 is 5.97 Å². The molecule has 0 saturated heterocycles. The maximum absolute atomic E-state index is 12.5. The number of pyridine rings is 1. The van der Waals surface area contributed by atoms with Gasteiger partial charge in [-0.2, -0.15) is 0 Å². The summed E-state index contributed by atoms with van der Waals surface area (Å²) in [6, 6.07) is 1.65. The summed E-state index contributed by atoms with van der Waals surface area (Å²) in [7, 11) is 5.36. The molecule has 0 aliphatic carbocycles. The number of aromatic nitrogens is 1. The lowest BCUT2D eigenvalue weighted by molar-refractivity contribution is -0.143. The van der Waals surface area contributed by atoms with Crippen molar-refractivity contribution in [2.75, 3.05) is 0 Å². The highest BCUT2D eigenvalue weighted by atomic mass is 16.5. The molecule has 7 heteroatoms. The molecule has 0 unspecified atom stereocenters. The first kappa shape index (κ1) is 20.9. The summed E-state index contributed by atoms with van der Waals surface area (Å²) < 4.78 is 5.60. The Kier molecular flexibility index (Phi) is 6.16. The van der Waals surface area contributed by atoms with Crippen LogP contribution in [-0.4, -0.2) is 35.9 Å². The molecule has 1 amide bonds. The molecular weight excluding hydrogens is 319 g/mol. The van der Waals surface area contributed by atoms with Crippen molar-refractivity contribution in [3.63, 3.8) is 0 Å². The lowest BCUT2D eigenvalue weighted by Gasteiger charge is -2.30. The highest BCUT2D eigenvalue weighted by Gasteiger charge is 2.34. The molecule has 0 bridgehead atoms. The summed E-state index contributed by atoms with van der Waals surface area (Å²) in [6.45, 7) is 11.7. The summed E-state index contributed by atoms with van der Waals surface area (Å²) in [4.78, 5) is 39.7. The van der Waals surface area contributed by atoms with Gasteiger partial charge in [0.05, 0.1) is 5.68 Å². The van der Waals surface area contributed by atoms with E-state index in [0.29, 0.717) is 22.7 Å². The average molecular weight is 344 g/mol. The van der Waals surface area contributed by atoms with E-state index in [-0.39, 0.29) is 12.3 Å². The molecule has 0 spiro atoms. The third-order valence-electron chi connectivity index (χ3n) is 3.79. The van der Waals surface area contributed by atoms with Crippen LogP contribution in [0.15, 0.2) is 6.07 Å². The van der Waals surface area contributed by atoms with E-state index in [1.54, 1.807) is 33.8 Å². The van der Waals surface area contributed by atoms with Crippen molar-refractivity contribution in [1.29, 1.82) is 0 Å². The second-order valence-electron chi connectivity index (χ2n) is 7.44. The highest BCUT2D eigenvalue weighted by Crippen LogP contribution is 2.37. The Labute approximate surface area is 150 Å². The minimum atomic E-state index is -1.19. The number of nitrogens with zero attached hydrogens (tertiary/aromatic N) is 1. The van der Waals surface area contributed by atoms with Crippen LogP contribution in [0.2, 0.25) is 0 Å². The summed E-state index contributed by atoms with van der Waals surface area (Å²) in [6.07, 6.45) is 0.0816. The second-order valence-corrected chi connectivity index (χ2v) is 7.44. The van der Waals surface area contributed by atoms with E-state index in [1.807, 2.05) is 13.8 Å². The molecule has 0 atom stereocenters. The van der Waals surface area contributed by atoms with E-state index in [0.717, 1.165) is 0 Å². The number of ether oxygens (including phenoxy) is 1. The van der Waals surface area contributed by atoms with Crippen LogP contribution in [0.5, 0.6) is 5.75 Å². The van der Waals surface area contributed by atoms with E-state index < -0.39 is 22.6 Å². The van der Waals surface area contributed by atoms with Crippen LogP contribution in [0.3, 0.4) is 0 Å². The number of amides is 1. The SMILES string of the molecule is [B]C(=O)CC(C)(C)c1c(OC(=O)C(C)(C)NC(C)=O)cc(C)nc1C. The van der Waals surface area contributed by atoms with Crippen LogP contribution in [-0.2, 0) is 19.8 Å². The predicted molar refractivity (Wildman–Crippen MR) is 95.6 cm³/mol. The van der Waals surface area contributed by atoms with Gasteiger partial charge in [0.25, 0.3) is 0 Å². The molecule has 1 rings (SSSR count). The normalized spacial score (nSPS) is 11.8. The number of rotatable bonds is 6. The molecular formula is C18H25BN2O4. The third-order valence-corrected chi connectivity index (χ3v) is 3.79.